The molecular formula is C34H33ClF2N6O4. The fraction of sp³-hybridized carbons (Fsp3) is 0.324. The van der Waals surface area contributed by atoms with E-state index < -0.39 is 70.1 Å². The fourth-order valence-electron chi connectivity index (χ4n) is 6.47. The Balaban J connectivity index is 1.87. The molecule has 0 unspecified atom stereocenters. The zero-order valence-corrected chi connectivity index (χ0v) is 26.8. The number of hydrogen-bond acceptors (Lipinski definition) is 7. The molecule has 0 bridgehead atoms. The van der Waals surface area contributed by atoms with Crippen LogP contribution in [0.5, 0.6) is 5.75 Å². The number of hydrogen-bond donors (Lipinski definition) is 1. The standard InChI is InChI=1S/C34H33ClF2N6O4/c1-7-23(45)41-11-12-42-21(14-41)33(46)40(6)32-30(42)18-13-19(35)24(25-20(36)9-8-10-22(25)44)26(37)29(18)43(34(32)47)31-27(16(2)3)38-15-39-28(31)17(4)5/h7-10,13,15-17,21,44H,1,11-12,14H2,2-6H3/t21-/m1/s1/i6D3. The van der Waals surface area contributed by atoms with E-state index in [1.807, 2.05) is 0 Å². The van der Waals surface area contributed by atoms with Crippen LogP contribution in [0, 0.1) is 11.6 Å². The number of fused-ring (bicyclic) bond motifs is 5. The number of phenols is 1. The van der Waals surface area contributed by atoms with Gasteiger partial charge >= 0.3 is 0 Å². The summed E-state index contributed by atoms with van der Waals surface area (Å²) in [5.74, 6) is -5.00. The van der Waals surface area contributed by atoms with Crippen molar-refractivity contribution in [1.29, 1.82) is 0 Å². The molecule has 13 heteroatoms. The van der Waals surface area contributed by atoms with E-state index in [2.05, 4.69) is 16.5 Å². The molecule has 0 radical (unpaired) electrons. The Hall–Kier alpha value is -4.84. The molecular weight excluding hydrogens is 630 g/mol. The highest BCUT2D eigenvalue weighted by molar-refractivity contribution is 6.35. The van der Waals surface area contributed by atoms with Gasteiger partial charge in [0.25, 0.3) is 11.5 Å². The number of rotatable bonds is 5. The van der Waals surface area contributed by atoms with Gasteiger partial charge in [-0.2, -0.15) is 0 Å². The largest absolute Gasteiger partial charge is 0.507 e. The minimum Gasteiger partial charge on any atom is -0.507 e. The highest BCUT2D eigenvalue weighted by Crippen LogP contribution is 2.47. The predicted molar refractivity (Wildman–Crippen MR) is 177 cm³/mol. The SMILES string of the molecule is [2H]C([2H])([2H])N1C(=O)[C@H]2CN(C(=O)C=C)CCN2c2c1c(=O)n(-c1c(C(C)C)ncnc1C(C)C)c1c(F)c(-c3c(O)cccc3F)c(Cl)cc21. The smallest absolute Gasteiger partial charge is 0.281 e. The van der Waals surface area contributed by atoms with Crippen LogP contribution in [0.25, 0.3) is 27.7 Å². The number of aromatic nitrogens is 3. The molecule has 244 valence electrons. The molecule has 2 aromatic carbocycles. The van der Waals surface area contributed by atoms with E-state index >= 15 is 13.6 Å². The second-order valence-electron chi connectivity index (χ2n) is 12.1. The molecule has 4 heterocycles. The van der Waals surface area contributed by atoms with Gasteiger partial charge in [0.05, 0.1) is 45.4 Å². The van der Waals surface area contributed by atoms with Crippen molar-refractivity contribution in [3.05, 3.63) is 81.6 Å². The third-order valence-electron chi connectivity index (χ3n) is 8.62. The molecule has 1 fully saturated rings. The van der Waals surface area contributed by atoms with Crippen molar-refractivity contribution in [1.82, 2.24) is 19.4 Å². The lowest BCUT2D eigenvalue weighted by molar-refractivity contribution is -0.128. The third kappa shape index (κ3) is 4.84. The van der Waals surface area contributed by atoms with Crippen LogP contribution in [0.15, 0.2) is 48.0 Å². The van der Waals surface area contributed by atoms with Crippen molar-refractivity contribution in [2.75, 3.05) is 36.4 Å². The lowest BCUT2D eigenvalue weighted by Gasteiger charge is -2.47. The van der Waals surface area contributed by atoms with Crippen LogP contribution in [-0.2, 0) is 9.59 Å². The van der Waals surface area contributed by atoms with Crippen LogP contribution in [0.3, 0.4) is 0 Å². The monoisotopic (exact) mass is 665 g/mol. The summed E-state index contributed by atoms with van der Waals surface area (Å²) >= 11 is 6.74. The second-order valence-corrected chi connectivity index (χ2v) is 12.5. The molecule has 2 amide bonds. The van der Waals surface area contributed by atoms with E-state index in [0.717, 1.165) is 22.8 Å². The van der Waals surface area contributed by atoms with Crippen LogP contribution in [0.2, 0.25) is 5.02 Å². The van der Waals surface area contributed by atoms with Gasteiger partial charge in [0.1, 0.15) is 29.6 Å². The molecule has 1 saturated heterocycles. The van der Waals surface area contributed by atoms with Gasteiger partial charge in [-0.15, -0.1) is 0 Å². The van der Waals surface area contributed by atoms with Gasteiger partial charge in [-0.25, -0.2) is 18.7 Å². The molecule has 2 aromatic heterocycles. The molecule has 1 atom stereocenters. The van der Waals surface area contributed by atoms with E-state index in [1.54, 1.807) is 27.7 Å². The summed E-state index contributed by atoms with van der Waals surface area (Å²) in [4.78, 5) is 54.0. The fourth-order valence-corrected chi connectivity index (χ4v) is 6.76. The van der Waals surface area contributed by atoms with Crippen molar-refractivity contribution in [3.63, 3.8) is 0 Å². The quantitative estimate of drug-likeness (QED) is 0.280. The Morgan fingerprint density at radius 2 is 1.77 bits per heavy atom. The topological polar surface area (TPSA) is 112 Å². The summed E-state index contributed by atoms with van der Waals surface area (Å²) in [5, 5.41) is 10.3. The number of nitrogens with zero attached hydrogens (tertiary/aromatic N) is 6. The zero-order chi connectivity index (χ0) is 36.6. The molecule has 10 nitrogen and oxygen atoms in total. The summed E-state index contributed by atoms with van der Waals surface area (Å²) < 4.78 is 59.1. The van der Waals surface area contributed by atoms with Crippen LogP contribution < -0.4 is 15.4 Å². The van der Waals surface area contributed by atoms with Crippen molar-refractivity contribution in [3.8, 4) is 22.6 Å². The number of halogens is 3. The van der Waals surface area contributed by atoms with E-state index in [1.165, 1.54) is 28.3 Å². The summed E-state index contributed by atoms with van der Waals surface area (Å²) in [6.45, 7) is 7.24. The highest BCUT2D eigenvalue weighted by atomic mass is 35.5. The Bertz CT molecular complexity index is 2130. The van der Waals surface area contributed by atoms with Gasteiger partial charge in [-0.1, -0.05) is 51.9 Å². The maximum absolute atomic E-state index is 17.5. The van der Waals surface area contributed by atoms with E-state index in [-0.39, 0.29) is 53.3 Å². The summed E-state index contributed by atoms with van der Waals surface area (Å²) in [6, 6.07) is 3.38. The van der Waals surface area contributed by atoms with E-state index in [9.17, 15) is 14.7 Å². The summed E-state index contributed by atoms with van der Waals surface area (Å²) in [5.41, 5.74) is -2.60. The normalized spacial score (nSPS) is 17.5. The molecule has 1 N–H and O–H groups in total. The predicted octanol–water partition coefficient (Wildman–Crippen LogP) is 5.51. The minimum atomic E-state index is -3.20. The Labute approximate surface area is 278 Å². The maximum Gasteiger partial charge on any atom is 0.281 e. The third-order valence-corrected chi connectivity index (χ3v) is 8.92. The lowest BCUT2D eigenvalue weighted by atomic mass is 9.95. The number of pyridine rings is 1. The van der Waals surface area contributed by atoms with E-state index in [4.69, 9.17) is 15.7 Å². The summed E-state index contributed by atoms with van der Waals surface area (Å²) in [6.07, 6.45) is 2.38. The van der Waals surface area contributed by atoms with Crippen molar-refractivity contribution in [2.24, 2.45) is 0 Å². The average Bonchev–Trinajstić information content (AvgIpc) is 3.05. The first-order valence-corrected chi connectivity index (χ1v) is 15.3. The molecule has 6 rings (SSSR count). The van der Waals surface area contributed by atoms with Gasteiger partial charge in [-0.05, 0) is 36.1 Å². The molecule has 2 aliphatic heterocycles. The Kier molecular flexibility index (Phi) is 7.10. The number of amides is 2. The number of piperazine rings is 1. The van der Waals surface area contributed by atoms with Crippen LogP contribution in [0.4, 0.5) is 20.2 Å². The molecule has 4 aromatic rings. The van der Waals surface area contributed by atoms with Crippen molar-refractivity contribution in [2.45, 2.75) is 45.6 Å². The second kappa shape index (κ2) is 11.8. The van der Waals surface area contributed by atoms with Gasteiger partial charge in [-0.3, -0.25) is 19.0 Å². The molecule has 47 heavy (non-hydrogen) atoms. The number of aromatic hydroxyl groups is 1. The van der Waals surface area contributed by atoms with Gasteiger partial charge in [0, 0.05) is 35.1 Å². The summed E-state index contributed by atoms with van der Waals surface area (Å²) in [7, 11) is 0. The average molecular weight is 666 g/mol. The van der Waals surface area contributed by atoms with Crippen LogP contribution in [-0.4, -0.2) is 69.0 Å². The van der Waals surface area contributed by atoms with E-state index in [0.29, 0.717) is 16.3 Å². The molecule has 2 aliphatic rings. The molecule has 0 spiro atoms. The van der Waals surface area contributed by atoms with Gasteiger partial charge in [0.15, 0.2) is 5.82 Å². The Morgan fingerprint density at radius 1 is 1.09 bits per heavy atom. The molecule has 0 saturated carbocycles. The first kappa shape index (κ1) is 28.4. The number of carbonyl (C=O) groups is 2. The Morgan fingerprint density at radius 3 is 2.36 bits per heavy atom. The zero-order valence-electron chi connectivity index (χ0n) is 29.0. The first-order valence-electron chi connectivity index (χ1n) is 16.5. The lowest BCUT2D eigenvalue weighted by Crippen LogP contribution is -2.63. The number of anilines is 2. The number of carbonyl (C=O) groups excluding carboxylic acids is 2. The maximum atomic E-state index is 17.5. The van der Waals surface area contributed by atoms with Crippen molar-refractivity contribution >= 4 is 45.7 Å². The minimum absolute atomic E-state index is 0.0472. The molecule has 0 aliphatic carbocycles. The van der Waals surface area contributed by atoms with Crippen molar-refractivity contribution < 1.29 is 27.6 Å². The first-order chi connectivity index (χ1) is 23.5. The van der Waals surface area contributed by atoms with Gasteiger partial charge < -0.3 is 19.8 Å². The number of benzene rings is 2. The number of phenolic OH excluding ortho intramolecular Hbond substituents is 1. The highest BCUT2D eigenvalue weighted by Gasteiger charge is 2.44. The van der Waals surface area contributed by atoms with Crippen LogP contribution >= 0.6 is 11.6 Å². The van der Waals surface area contributed by atoms with Crippen LogP contribution in [0.1, 0.15) is 55.0 Å². The van der Waals surface area contributed by atoms with Gasteiger partial charge in [0.2, 0.25) is 5.91 Å². The number of likely N-dealkylation sites (N-methyl/N-ethyl adjacent to an activating group) is 1.